The van der Waals surface area contributed by atoms with Crippen molar-refractivity contribution in [3.8, 4) is 11.7 Å². The molecule has 6 nitrogen and oxygen atoms in total. The van der Waals surface area contributed by atoms with Gasteiger partial charge in [-0.25, -0.2) is 9.67 Å². The van der Waals surface area contributed by atoms with E-state index in [1.165, 1.54) is 13.4 Å². The zero-order valence-electron chi connectivity index (χ0n) is 7.88. The molecule has 2 N–H and O–H groups in total. The summed E-state index contributed by atoms with van der Waals surface area (Å²) in [6.45, 7) is 0. The number of hydrogen-bond donors (Lipinski definition) is 1. The van der Waals surface area contributed by atoms with Crippen LogP contribution in [-0.4, -0.2) is 26.9 Å². The summed E-state index contributed by atoms with van der Waals surface area (Å²) in [7, 11) is 1.51. The molecule has 78 valence electrons. The maximum absolute atomic E-state index is 5.82. The fourth-order valence-electron chi connectivity index (χ4n) is 1.13. The number of anilines is 1. The van der Waals surface area contributed by atoms with E-state index in [1.54, 1.807) is 10.9 Å². The van der Waals surface area contributed by atoms with E-state index in [4.69, 9.17) is 10.5 Å². The van der Waals surface area contributed by atoms with Crippen LogP contribution in [-0.2, 0) is 0 Å². The molecule has 2 aromatic heterocycles. The third kappa shape index (κ3) is 1.87. The highest BCUT2D eigenvalue weighted by Gasteiger charge is 2.10. The van der Waals surface area contributed by atoms with Crippen molar-refractivity contribution in [2.24, 2.45) is 0 Å². The van der Waals surface area contributed by atoms with Crippen LogP contribution >= 0.6 is 22.6 Å². The second-order valence-electron chi connectivity index (χ2n) is 2.72. The SMILES string of the molecule is COc1ncnc(-n2cc(I)cn2)c1N. The smallest absolute Gasteiger partial charge is 0.242 e. The summed E-state index contributed by atoms with van der Waals surface area (Å²) < 4.78 is 7.58. The van der Waals surface area contributed by atoms with Gasteiger partial charge in [-0.15, -0.1) is 0 Å². The number of rotatable bonds is 2. The van der Waals surface area contributed by atoms with Gasteiger partial charge in [-0.3, -0.25) is 0 Å². The minimum atomic E-state index is 0.352. The molecule has 15 heavy (non-hydrogen) atoms. The van der Waals surface area contributed by atoms with Crippen molar-refractivity contribution in [3.63, 3.8) is 0 Å². The second kappa shape index (κ2) is 4.01. The van der Waals surface area contributed by atoms with Gasteiger partial charge in [-0.1, -0.05) is 0 Å². The van der Waals surface area contributed by atoms with Crippen LogP contribution < -0.4 is 10.5 Å². The number of ether oxygens (including phenoxy) is 1. The quantitative estimate of drug-likeness (QED) is 0.831. The van der Waals surface area contributed by atoms with Crippen LogP contribution in [0.4, 0.5) is 5.69 Å². The van der Waals surface area contributed by atoms with Crippen molar-refractivity contribution in [1.82, 2.24) is 19.7 Å². The van der Waals surface area contributed by atoms with Gasteiger partial charge in [0.15, 0.2) is 5.82 Å². The molecular formula is C8H8IN5O. The standard InChI is InChI=1S/C8H8IN5O/c1-15-8-6(10)7(11-4-12-8)14-3-5(9)2-13-14/h2-4H,10H2,1H3. The maximum atomic E-state index is 5.82. The van der Waals surface area contributed by atoms with Gasteiger partial charge < -0.3 is 10.5 Å². The van der Waals surface area contributed by atoms with Crippen molar-refractivity contribution < 1.29 is 4.74 Å². The van der Waals surface area contributed by atoms with E-state index in [1.807, 2.05) is 6.20 Å². The molecule has 7 heteroatoms. The van der Waals surface area contributed by atoms with Crippen molar-refractivity contribution in [1.29, 1.82) is 0 Å². The van der Waals surface area contributed by atoms with E-state index in [2.05, 4.69) is 37.7 Å². The summed E-state index contributed by atoms with van der Waals surface area (Å²) in [6.07, 6.45) is 4.92. The molecule has 0 amide bonds. The van der Waals surface area contributed by atoms with Crippen LogP contribution in [0, 0.1) is 3.57 Å². The summed E-state index contributed by atoms with van der Waals surface area (Å²) in [5, 5.41) is 4.11. The lowest BCUT2D eigenvalue weighted by Crippen LogP contribution is -2.06. The van der Waals surface area contributed by atoms with Crippen LogP contribution in [0.2, 0.25) is 0 Å². The van der Waals surface area contributed by atoms with E-state index in [0.29, 0.717) is 17.4 Å². The van der Waals surface area contributed by atoms with Gasteiger partial charge in [-0.2, -0.15) is 10.1 Å². The average Bonchev–Trinajstić information content (AvgIpc) is 2.65. The molecule has 0 aromatic carbocycles. The van der Waals surface area contributed by atoms with E-state index in [9.17, 15) is 0 Å². The third-order valence-corrected chi connectivity index (χ3v) is 2.34. The highest BCUT2D eigenvalue weighted by molar-refractivity contribution is 14.1. The van der Waals surface area contributed by atoms with Crippen LogP contribution in [0.25, 0.3) is 5.82 Å². The summed E-state index contributed by atoms with van der Waals surface area (Å²) in [6, 6.07) is 0. The molecule has 0 spiro atoms. The molecule has 0 saturated carbocycles. The molecule has 0 saturated heterocycles. The molecule has 0 atom stereocenters. The van der Waals surface area contributed by atoms with Gasteiger partial charge in [0.2, 0.25) is 5.88 Å². The van der Waals surface area contributed by atoms with Gasteiger partial charge >= 0.3 is 0 Å². The van der Waals surface area contributed by atoms with Crippen LogP contribution in [0.5, 0.6) is 5.88 Å². The molecule has 0 radical (unpaired) electrons. The van der Waals surface area contributed by atoms with Crippen LogP contribution in [0.1, 0.15) is 0 Å². The predicted octanol–water partition coefficient (Wildman–Crippen LogP) is 0.858. The molecule has 0 aliphatic carbocycles. The Morgan fingerprint density at radius 2 is 2.27 bits per heavy atom. The molecule has 2 aromatic rings. The summed E-state index contributed by atoms with van der Waals surface area (Å²) >= 11 is 2.16. The zero-order valence-corrected chi connectivity index (χ0v) is 10.0. The molecule has 0 fully saturated rings. The minimum absolute atomic E-state index is 0.352. The first kappa shape index (κ1) is 10.1. The Balaban J connectivity index is 2.53. The topological polar surface area (TPSA) is 78.9 Å². The highest BCUT2D eigenvalue weighted by atomic mass is 127. The minimum Gasteiger partial charge on any atom is -0.479 e. The van der Waals surface area contributed by atoms with Crippen molar-refractivity contribution in [2.75, 3.05) is 12.8 Å². The monoisotopic (exact) mass is 317 g/mol. The Hall–Kier alpha value is -1.38. The van der Waals surface area contributed by atoms with Crippen LogP contribution in [0.3, 0.4) is 0 Å². The molecule has 0 bridgehead atoms. The van der Waals surface area contributed by atoms with Gasteiger partial charge in [0.25, 0.3) is 0 Å². The van der Waals surface area contributed by atoms with Crippen molar-refractivity contribution in [3.05, 3.63) is 22.3 Å². The molecule has 2 rings (SSSR count). The maximum Gasteiger partial charge on any atom is 0.242 e. The number of hydrogen-bond acceptors (Lipinski definition) is 5. The normalized spacial score (nSPS) is 10.3. The Bertz CT molecular complexity index is 484. The first-order valence-electron chi connectivity index (χ1n) is 4.07. The van der Waals surface area contributed by atoms with E-state index in [-0.39, 0.29) is 0 Å². The van der Waals surface area contributed by atoms with E-state index in [0.717, 1.165) is 3.57 Å². The fraction of sp³-hybridized carbons (Fsp3) is 0.125. The lowest BCUT2D eigenvalue weighted by Gasteiger charge is -2.06. The number of halogens is 1. The highest BCUT2D eigenvalue weighted by Crippen LogP contribution is 2.22. The molecule has 2 heterocycles. The Morgan fingerprint density at radius 1 is 1.47 bits per heavy atom. The number of methoxy groups -OCH3 is 1. The van der Waals surface area contributed by atoms with Gasteiger partial charge in [0.1, 0.15) is 12.0 Å². The summed E-state index contributed by atoms with van der Waals surface area (Å²) in [5.41, 5.74) is 6.20. The lowest BCUT2D eigenvalue weighted by molar-refractivity contribution is 0.399. The number of nitrogens with zero attached hydrogens (tertiary/aromatic N) is 4. The van der Waals surface area contributed by atoms with E-state index < -0.39 is 0 Å². The van der Waals surface area contributed by atoms with Gasteiger partial charge in [0, 0.05) is 6.20 Å². The van der Waals surface area contributed by atoms with Gasteiger partial charge in [0.05, 0.1) is 16.9 Å². The number of nitrogen functional groups attached to an aromatic ring is 1. The zero-order chi connectivity index (χ0) is 10.8. The Labute approximate surface area is 99.6 Å². The number of nitrogens with two attached hydrogens (primary N) is 1. The van der Waals surface area contributed by atoms with Gasteiger partial charge in [-0.05, 0) is 22.6 Å². The third-order valence-electron chi connectivity index (χ3n) is 1.79. The average molecular weight is 317 g/mol. The Morgan fingerprint density at radius 3 is 2.87 bits per heavy atom. The van der Waals surface area contributed by atoms with Crippen LogP contribution in [0.15, 0.2) is 18.7 Å². The van der Waals surface area contributed by atoms with Crippen molar-refractivity contribution in [2.45, 2.75) is 0 Å². The first-order chi connectivity index (χ1) is 7.22. The predicted molar refractivity (Wildman–Crippen MR) is 62.8 cm³/mol. The fourth-order valence-corrected chi connectivity index (χ4v) is 1.52. The molecule has 0 aliphatic heterocycles. The largest absolute Gasteiger partial charge is 0.479 e. The number of aromatic nitrogens is 4. The summed E-state index contributed by atoms with van der Waals surface area (Å²) in [4.78, 5) is 7.94. The molecule has 0 aliphatic rings. The second-order valence-corrected chi connectivity index (χ2v) is 3.97. The lowest BCUT2D eigenvalue weighted by atomic mass is 10.4. The first-order valence-corrected chi connectivity index (χ1v) is 5.15. The molecule has 0 unspecified atom stereocenters. The van der Waals surface area contributed by atoms with Crippen molar-refractivity contribution >= 4 is 28.3 Å². The Kier molecular flexibility index (Phi) is 2.71. The molecular weight excluding hydrogens is 309 g/mol. The summed E-state index contributed by atoms with van der Waals surface area (Å²) in [5.74, 6) is 0.871. The van der Waals surface area contributed by atoms with E-state index >= 15 is 0 Å².